The smallest absolute Gasteiger partial charge is 0.417 e. The first-order chi connectivity index (χ1) is 16.3. The minimum absolute atomic E-state index is 0.146. The molecule has 1 amide bonds. The number of benzene rings is 3. The summed E-state index contributed by atoms with van der Waals surface area (Å²) in [7, 11) is 0. The standard InChI is InChI=1S/C26H24F3N3O2/c1-18-10-12-19(13-11-18)34-17-16-32-23-9-5-4-8-22(23)31-24(32)14-15-30-25(33)20-6-2-3-7-21(20)26(27,28)29/h2-13H,14-17H2,1H3,(H,30,33). The van der Waals surface area contributed by atoms with Crippen molar-refractivity contribution in [3.63, 3.8) is 0 Å². The number of nitrogens with zero attached hydrogens (tertiary/aromatic N) is 2. The van der Waals surface area contributed by atoms with Crippen LogP contribution in [0, 0.1) is 6.92 Å². The van der Waals surface area contributed by atoms with Crippen molar-refractivity contribution >= 4 is 16.9 Å². The van der Waals surface area contributed by atoms with Crippen LogP contribution < -0.4 is 10.1 Å². The van der Waals surface area contributed by atoms with Gasteiger partial charge in [0.25, 0.3) is 5.91 Å². The molecular formula is C26H24F3N3O2. The Bertz CT molecular complexity index is 1280. The lowest BCUT2D eigenvalue weighted by Crippen LogP contribution is -2.28. The number of nitrogens with one attached hydrogen (secondary N) is 1. The second-order valence-corrected chi connectivity index (χ2v) is 7.88. The number of alkyl halides is 3. The largest absolute Gasteiger partial charge is 0.492 e. The second-order valence-electron chi connectivity index (χ2n) is 7.88. The Kier molecular flexibility index (Phi) is 6.86. The van der Waals surface area contributed by atoms with E-state index in [0.717, 1.165) is 34.2 Å². The molecule has 0 bridgehead atoms. The lowest BCUT2D eigenvalue weighted by Gasteiger charge is -2.13. The van der Waals surface area contributed by atoms with Gasteiger partial charge in [-0.15, -0.1) is 0 Å². The molecule has 3 aromatic carbocycles. The van der Waals surface area contributed by atoms with E-state index in [1.54, 1.807) is 0 Å². The molecule has 1 aromatic heterocycles. The van der Waals surface area contributed by atoms with Crippen molar-refractivity contribution in [3.05, 3.63) is 95.3 Å². The van der Waals surface area contributed by atoms with Crippen LogP contribution in [-0.4, -0.2) is 28.6 Å². The number of fused-ring (bicyclic) bond motifs is 1. The van der Waals surface area contributed by atoms with E-state index in [1.807, 2.05) is 60.0 Å². The molecule has 4 aromatic rings. The summed E-state index contributed by atoms with van der Waals surface area (Å²) in [6.07, 6.45) is -4.24. The predicted octanol–water partition coefficient (Wildman–Crippen LogP) is 5.42. The fourth-order valence-electron chi connectivity index (χ4n) is 3.77. The molecule has 0 aliphatic heterocycles. The van der Waals surface area contributed by atoms with Gasteiger partial charge in [0.1, 0.15) is 18.2 Å². The van der Waals surface area contributed by atoms with Gasteiger partial charge >= 0.3 is 6.18 Å². The van der Waals surface area contributed by atoms with Gasteiger partial charge < -0.3 is 14.6 Å². The summed E-state index contributed by atoms with van der Waals surface area (Å²) in [4.78, 5) is 17.1. The third-order valence-corrected chi connectivity index (χ3v) is 5.45. The summed E-state index contributed by atoms with van der Waals surface area (Å²) >= 11 is 0. The first-order valence-electron chi connectivity index (χ1n) is 10.9. The number of hydrogen-bond donors (Lipinski definition) is 1. The van der Waals surface area contributed by atoms with Gasteiger partial charge in [-0.1, -0.05) is 42.0 Å². The summed E-state index contributed by atoms with van der Waals surface area (Å²) in [6.45, 7) is 3.11. The molecule has 1 heterocycles. The zero-order chi connectivity index (χ0) is 24.1. The van der Waals surface area contributed by atoms with Gasteiger partial charge in [0.05, 0.1) is 28.7 Å². The maximum absolute atomic E-state index is 13.2. The molecule has 1 N–H and O–H groups in total. The average molecular weight is 467 g/mol. The average Bonchev–Trinajstić information content (AvgIpc) is 3.17. The van der Waals surface area contributed by atoms with Crippen molar-refractivity contribution in [2.75, 3.05) is 13.2 Å². The number of ether oxygens (including phenoxy) is 1. The molecular weight excluding hydrogens is 443 g/mol. The number of halogens is 3. The van der Waals surface area contributed by atoms with Crippen LogP contribution in [-0.2, 0) is 19.1 Å². The molecule has 176 valence electrons. The van der Waals surface area contributed by atoms with Gasteiger partial charge in [0, 0.05) is 13.0 Å². The SMILES string of the molecule is Cc1ccc(OCCn2c(CCNC(=O)c3ccccc3C(F)(F)F)nc3ccccc32)cc1. The molecule has 8 heteroatoms. The number of amides is 1. The number of imidazole rings is 1. The van der Waals surface area contributed by atoms with Crippen molar-refractivity contribution in [2.24, 2.45) is 0 Å². The Morgan fingerprint density at radius 1 is 1.00 bits per heavy atom. The Hall–Kier alpha value is -3.81. The first-order valence-corrected chi connectivity index (χ1v) is 10.9. The number of para-hydroxylation sites is 2. The van der Waals surface area contributed by atoms with Gasteiger partial charge in [0.2, 0.25) is 0 Å². The fourth-order valence-corrected chi connectivity index (χ4v) is 3.77. The molecule has 0 spiro atoms. The third kappa shape index (κ3) is 5.39. The summed E-state index contributed by atoms with van der Waals surface area (Å²) < 4.78 is 47.5. The van der Waals surface area contributed by atoms with E-state index in [-0.39, 0.29) is 6.54 Å². The molecule has 34 heavy (non-hydrogen) atoms. The highest BCUT2D eigenvalue weighted by molar-refractivity contribution is 5.95. The molecule has 0 fully saturated rings. The molecule has 0 saturated carbocycles. The van der Waals surface area contributed by atoms with Crippen molar-refractivity contribution in [2.45, 2.75) is 26.1 Å². The number of rotatable bonds is 8. The number of hydrogen-bond acceptors (Lipinski definition) is 3. The summed E-state index contributed by atoms with van der Waals surface area (Å²) in [5.74, 6) is 0.726. The third-order valence-electron chi connectivity index (χ3n) is 5.45. The second kappa shape index (κ2) is 9.99. The Labute approximate surface area is 195 Å². The van der Waals surface area contributed by atoms with Gasteiger partial charge in [-0.3, -0.25) is 4.79 Å². The molecule has 5 nitrogen and oxygen atoms in total. The number of aryl methyl sites for hydroxylation is 1. The van der Waals surface area contributed by atoms with Gasteiger partial charge in [-0.25, -0.2) is 4.98 Å². The Morgan fingerprint density at radius 2 is 1.71 bits per heavy atom. The number of aromatic nitrogens is 2. The Morgan fingerprint density at radius 3 is 2.47 bits per heavy atom. The maximum Gasteiger partial charge on any atom is 0.417 e. The number of carbonyl (C=O) groups excluding carboxylic acids is 1. The molecule has 4 rings (SSSR count). The van der Waals surface area contributed by atoms with Crippen molar-refractivity contribution in [1.29, 1.82) is 0 Å². The summed E-state index contributed by atoms with van der Waals surface area (Å²) in [5, 5.41) is 2.60. The summed E-state index contributed by atoms with van der Waals surface area (Å²) in [5.41, 5.74) is 1.54. The predicted molar refractivity (Wildman–Crippen MR) is 124 cm³/mol. The van der Waals surface area contributed by atoms with Crippen LogP contribution in [0.25, 0.3) is 11.0 Å². The number of carbonyl (C=O) groups is 1. The van der Waals surface area contributed by atoms with Crippen molar-refractivity contribution in [3.8, 4) is 5.75 Å². The quantitative estimate of drug-likeness (QED) is 0.377. The van der Waals surface area contributed by atoms with Crippen molar-refractivity contribution < 1.29 is 22.7 Å². The van der Waals surface area contributed by atoms with Crippen LogP contribution in [0.2, 0.25) is 0 Å². The van der Waals surface area contributed by atoms with Crippen LogP contribution in [0.1, 0.15) is 27.3 Å². The van der Waals surface area contributed by atoms with Crippen LogP contribution in [0.15, 0.2) is 72.8 Å². The zero-order valence-corrected chi connectivity index (χ0v) is 18.6. The topological polar surface area (TPSA) is 56.1 Å². The van der Waals surface area contributed by atoms with Gasteiger partial charge in [-0.05, 0) is 43.3 Å². The van der Waals surface area contributed by atoms with Crippen LogP contribution in [0.4, 0.5) is 13.2 Å². The van der Waals surface area contributed by atoms with E-state index in [9.17, 15) is 18.0 Å². The lowest BCUT2D eigenvalue weighted by atomic mass is 10.1. The van der Waals surface area contributed by atoms with Gasteiger partial charge in [-0.2, -0.15) is 13.2 Å². The van der Waals surface area contributed by atoms with E-state index < -0.39 is 23.2 Å². The fraction of sp³-hybridized carbons (Fsp3) is 0.231. The van der Waals surface area contributed by atoms with E-state index in [0.29, 0.717) is 19.6 Å². The lowest BCUT2D eigenvalue weighted by molar-refractivity contribution is -0.137. The van der Waals surface area contributed by atoms with E-state index in [1.165, 1.54) is 18.2 Å². The molecule has 0 unspecified atom stereocenters. The highest BCUT2D eigenvalue weighted by Gasteiger charge is 2.34. The highest BCUT2D eigenvalue weighted by atomic mass is 19.4. The van der Waals surface area contributed by atoms with Crippen molar-refractivity contribution in [1.82, 2.24) is 14.9 Å². The van der Waals surface area contributed by atoms with E-state index >= 15 is 0 Å². The minimum Gasteiger partial charge on any atom is -0.492 e. The first kappa shape index (κ1) is 23.4. The highest BCUT2D eigenvalue weighted by Crippen LogP contribution is 2.31. The van der Waals surface area contributed by atoms with E-state index in [2.05, 4.69) is 10.3 Å². The molecule has 0 radical (unpaired) electrons. The molecule has 0 aliphatic rings. The Balaban J connectivity index is 1.44. The van der Waals surface area contributed by atoms with E-state index in [4.69, 9.17) is 4.74 Å². The maximum atomic E-state index is 13.2. The molecule has 0 saturated heterocycles. The zero-order valence-electron chi connectivity index (χ0n) is 18.6. The van der Waals surface area contributed by atoms with Crippen LogP contribution in [0.5, 0.6) is 5.75 Å². The summed E-state index contributed by atoms with van der Waals surface area (Å²) in [6, 6.07) is 20.2. The normalized spacial score (nSPS) is 11.5. The monoisotopic (exact) mass is 467 g/mol. The molecule has 0 atom stereocenters. The van der Waals surface area contributed by atoms with Crippen LogP contribution in [0.3, 0.4) is 0 Å². The molecule has 0 aliphatic carbocycles. The minimum atomic E-state index is -4.60. The van der Waals surface area contributed by atoms with Gasteiger partial charge in [0.15, 0.2) is 0 Å². The van der Waals surface area contributed by atoms with Crippen LogP contribution >= 0.6 is 0 Å².